The molecule has 0 radical (unpaired) electrons. The number of amides is 3. The third-order valence-electron chi connectivity index (χ3n) is 4.98. The van der Waals surface area contributed by atoms with Crippen molar-refractivity contribution < 1.29 is 32.3 Å². The Labute approximate surface area is 212 Å². The summed E-state index contributed by atoms with van der Waals surface area (Å²) in [7, 11) is 0. The molecule has 1 aliphatic rings. The summed E-state index contributed by atoms with van der Waals surface area (Å²) in [6, 6.07) is 13.4. The largest absolute Gasteiger partial charge is 0.489 e. The molecule has 0 spiro atoms. The van der Waals surface area contributed by atoms with E-state index >= 15 is 0 Å². The van der Waals surface area contributed by atoms with Crippen LogP contribution in [-0.2, 0) is 16.2 Å². The molecule has 1 heterocycles. The monoisotopic (exact) mass is 532 g/mol. The summed E-state index contributed by atoms with van der Waals surface area (Å²) >= 11 is 6.65. The predicted molar refractivity (Wildman–Crippen MR) is 130 cm³/mol. The second kappa shape index (κ2) is 10.9. The van der Waals surface area contributed by atoms with Crippen LogP contribution in [0.1, 0.15) is 11.1 Å². The van der Waals surface area contributed by atoms with Crippen molar-refractivity contribution in [3.8, 4) is 5.75 Å². The van der Waals surface area contributed by atoms with Crippen molar-refractivity contribution in [2.24, 2.45) is 0 Å². The van der Waals surface area contributed by atoms with E-state index in [1.54, 1.807) is 30.3 Å². The van der Waals surface area contributed by atoms with Gasteiger partial charge in [-0.15, -0.1) is 0 Å². The van der Waals surface area contributed by atoms with Crippen LogP contribution in [0.25, 0.3) is 6.08 Å². The quantitative estimate of drug-likeness (QED) is 0.377. The molecule has 1 aliphatic heterocycles. The Hall–Kier alpha value is -3.76. The number of nitrogens with one attached hydrogen (secondary N) is 1. The fraction of sp³-hybridized carbons (Fsp3) is 0.0800. The molecule has 1 fully saturated rings. The molecule has 0 atom stereocenters. The number of thioether (sulfide) groups is 1. The van der Waals surface area contributed by atoms with Gasteiger partial charge >= 0.3 is 0 Å². The highest BCUT2D eigenvalue weighted by atomic mass is 35.5. The summed E-state index contributed by atoms with van der Waals surface area (Å²) in [6.45, 7) is -0.763. The topological polar surface area (TPSA) is 75.7 Å². The average molecular weight is 533 g/mol. The Bertz CT molecular complexity index is 1380. The Morgan fingerprint density at radius 2 is 1.81 bits per heavy atom. The molecular weight excluding hydrogens is 517 g/mol. The normalized spacial score (nSPS) is 14.4. The number of benzene rings is 3. The third-order valence-corrected chi connectivity index (χ3v) is 6.24. The van der Waals surface area contributed by atoms with Crippen LogP contribution < -0.4 is 10.1 Å². The van der Waals surface area contributed by atoms with E-state index in [9.17, 15) is 27.6 Å². The van der Waals surface area contributed by atoms with E-state index in [2.05, 4.69) is 5.32 Å². The first-order valence-electron chi connectivity index (χ1n) is 10.4. The van der Waals surface area contributed by atoms with Crippen molar-refractivity contribution in [1.82, 2.24) is 4.90 Å². The van der Waals surface area contributed by atoms with Crippen LogP contribution in [0.3, 0.4) is 0 Å². The van der Waals surface area contributed by atoms with Crippen molar-refractivity contribution in [1.29, 1.82) is 0 Å². The average Bonchev–Trinajstić information content (AvgIpc) is 3.08. The number of hydrogen-bond acceptors (Lipinski definition) is 5. The highest BCUT2D eigenvalue weighted by Gasteiger charge is 2.36. The Morgan fingerprint density at radius 3 is 2.56 bits per heavy atom. The summed E-state index contributed by atoms with van der Waals surface area (Å²) in [6.07, 6.45) is 1.45. The lowest BCUT2D eigenvalue weighted by Gasteiger charge is -2.12. The molecule has 1 saturated heterocycles. The minimum atomic E-state index is -0.989. The van der Waals surface area contributed by atoms with Gasteiger partial charge in [0.1, 0.15) is 36.4 Å². The fourth-order valence-corrected chi connectivity index (χ4v) is 4.29. The number of rotatable bonds is 7. The molecule has 0 aliphatic carbocycles. The maximum Gasteiger partial charge on any atom is 0.294 e. The number of hydrogen-bond donors (Lipinski definition) is 1. The zero-order chi connectivity index (χ0) is 25.8. The van der Waals surface area contributed by atoms with Crippen molar-refractivity contribution in [3.05, 3.63) is 99.2 Å². The van der Waals surface area contributed by atoms with Crippen molar-refractivity contribution in [2.45, 2.75) is 6.61 Å². The molecular formula is C25H16ClF3N2O4S. The van der Waals surface area contributed by atoms with E-state index in [-0.39, 0.29) is 27.8 Å². The molecule has 0 aromatic heterocycles. The van der Waals surface area contributed by atoms with Crippen LogP contribution in [0, 0.1) is 17.5 Å². The number of carbonyl (C=O) groups excluding carboxylic acids is 3. The van der Waals surface area contributed by atoms with E-state index < -0.39 is 41.0 Å². The summed E-state index contributed by atoms with van der Waals surface area (Å²) < 4.78 is 46.4. The van der Waals surface area contributed by atoms with E-state index in [1.165, 1.54) is 18.2 Å². The molecule has 3 aromatic carbocycles. The van der Waals surface area contributed by atoms with E-state index in [1.807, 2.05) is 0 Å². The standard InChI is InChI=1S/C25H16ClF3N2O4S/c26-18-5-2-6-19(28)17(18)13-35-16-4-1-3-14(9-16)10-22-24(33)31(25(34)36-22)12-23(32)30-21-8-7-15(27)11-20(21)29/h1-11H,12-13H2,(H,30,32)/b22-10+. The SMILES string of the molecule is O=C(CN1C(=O)S/C(=C/c2cccc(OCc3c(F)cccc3Cl)c2)C1=O)Nc1ccc(F)cc1F. The summed E-state index contributed by atoms with van der Waals surface area (Å²) in [4.78, 5) is 38.1. The Balaban J connectivity index is 1.42. The van der Waals surface area contributed by atoms with Crippen LogP contribution in [0.5, 0.6) is 5.75 Å². The van der Waals surface area contributed by atoms with Gasteiger partial charge in [0, 0.05) is 11.6 Å². The number of ether oxygens (including phenoxy) is 1. The smallest absolute Gasteiger partial charge is 0.294 e. The van der Waals surface area contributed by atoms with Gasteiger partial charge in [-0.3, -0.25) is 19.3 Å². The Kier molecular flexibility index (Phi) is 7.66. The lowest BCUT2D eigenvalue weighted by atomic mass is 10.2. The highest BCUT2D eigenvalue weighted by Crippen LogP contribution is 2.33. The predicted octanol–water partition coefficient (Wildman–Crippen LogP) is 6.01. The van der Waals surface area contributed by atoms with Crippen LogP contribution in [0.15, 0.2) is 65.6 Å². The molecule has 11 heteroatoms. The zero-order valence-electron chi connectivity index (χ0n) is 18.3. The van der Waals surface area contributed by atoms with Crippen molar-refractivity contribution in [2.75, 3.05) is 11.9 Å². The third kappa shape index (κ3) is 5.89. The van der Waals surface area contributed by atoms with E-state index in [0.29, 0.717) is 34.0 Å². The number of halogens is 4. The van der Waals surface area contributed by atoms with Gasteiger partial charge in [0.25, 0.3) is 11.1 Å². The van der Waals surface area contributed by atoms with Crippen molar-refractivity contribution >= 4 is 52.2 Å². The van der Waals surface area contributed by atoms with Crippen LogP contribution in [0.2, 0.25) is 5.02 Å². The molecule has 184 valence electrons. The number of nitrogens with zero attached hydrogens (tertiary/aromatic N) is 1. The molecule has 0 saturated carbocycles. The minimum absolute atomic E-state index is 0.0649. The lowest BCUT2D eigenvalue weighted by Crippen LogP contribution is -2.36. The maximum absolute atomic E-state index is 14.0. The maximum atomic E-state index is 14.0. The summed E-state index contributed by atoms with van der Waals surface area (Å²) in [5.74, 6) is -3.46. The number of imide groups is 1. The molecule has 3 amide bonds. The van der Waals surface area contributed by atoms with E-state index in [4.69, 9.17) is 16.3 Å². The number of carbonyl (C=O) groups is 3. The van der Waals surface area contributed by atoms with Gasteiger partial charge in [0.05, 0.1) is 15.6 Å². The first kappa shape index (κ1) is 25.3. The summed E-state index contributed by atoms with van der Waals surface area (Å²) in [5.41, 5.74) is 0.442. The van der Waals surface area contributed by atoms with Crippen molar-refractivity contribution in [3.63, 3.8) is 0 Å². The molecule has 0 bridgehead atoms. The molecule has 0 unspecified atom stereocenters. The van der Waals surface area contributed by atoms with E-state index in [0.717, 1.165) is 12.1 Å². The number of anilines is 1. The Morgan fingerprint density at radius 1 is 1.03 bits per heavy atom. The van der Waals surface area contributed by atoms with Gasteiger partial charge in [-0.05, 0) is 59.8 Å². The summed E-state index contributed by atoms with van der Waals surface area (Å²) in [5, 5.41) is 1.75. The molecule has 4 rings (SSSR count). The van der Waals surface area contributed by atoms with Crippen LogP contribution in [-0.4, -0.2) is 28.5 Å². The second-order valence-electron chi connectivity index (χ2n) is 7.50. The zero-order valence-corrected chi connectivity index (χ0v) is 19.8. The van der Waals surface area contributed by atoms with Gasteiger partial charge in [-0.1, -0.05) is 29.8 Å². The van der Waals surface area contributed by atoms with Gasteiger partial charge < -0.3 is 10.1 Å². The first-order chi connectivity index (χ1) is 17.2. The van der Waals surface area contributed by atoms with Gasteiger partial charge in [-0.25, -0.2) is 13.2 Å². The fourth-order valence-electron chi connectivity index (χ4n) is 3.23. The first-order valence-corrected chi connectivity index (χ1v) is 11.6. The molecule has 6 nitrogen and oxygen atoms in total. The molecule has 3 aromatic rings. The van der Waals surface area contributed by atoms with Gasteiger partial charge in [0.2, 0.25) is 5.91 Å². The lowest BCUT2D eigenvalue weighted by molar-refractivity contribution is -0.127. The van der Waals surface area contributed by atoms with Crippen LogP contribution in [0.4, 0.5) is 23.7 Å². The second-order valence-corrected chi connectivity index (χ2v) is 8.90. The van der Waals surface area contributed by atoms with Gasteiger partial charge in [-0.2, -0.15) is 0 Å². The minimum Gasteiger partial charge on any atom is -0.489 e. The highest BCUT2D eigenvalue weighted by molar-refractivity contribution is 8.18. The van der Waals surface area contributed by atoms with Gasteiger partial charge in [0.15, 0.2) is 0 Å². The molecule has 36 heavy (non-hydrogen) atoms. The van der Waals surface area contributed by atoms with Crippen LogP contribution >= 0.6 is 23.4 Å². The molecule has 1 N–H and O–H groups in total.